The minimum Gasteiger partial charge on any atom is -0.381 e. The van der Waals surface area contributed by atoms with Crippen LogP contribution in [0.2, 0.25) is 0 Å². The van der Waals surface area contributed by atoms with Crippen LogP contribution in [0.25, 0.3) is 0 Å². The first-order valence-corrected chi connectivity index (χ1v) is 7.67. The van der Waals surface area contributed by atoms with Crippen molar-refractivity contribution in [2.45, 2.75) is 53.5 Å². The van der Waals surface area contributed by atoms with Crippen LogP contribution in [0.4, 0.5) is 0 Å². The third kappa shape index (κ3) is 3.58. The number of aryl methyl sites for hydroxylation is 3. The largest absolute Gasteiger partial charge is 0.381 e. The monoisotopic (exact) mass is 276 g/mol. The Labute approximate surface area is 123 Å². The fourth-order valence-corrected chi connectivity index (χ4v) is 3.23. The predicted molar refractivity (Wildman–Crippen MR) is 83.0 cm³/mol. The van der Waals surface area contributed by atoms with Crippen molar-refractivity contribution in [3.63, 3.8) is 0 Å². The first-order valence-electron chi connectivity index (χ1n) is 7.67. The Kier molecular flexibility index (Phi) is 4.82. The quantitative estimate of drug-likeness (QED) is 0.914. The van der Waals surface area contributed by atoms with Crippen molar-refractivity contribution in [2.24, 2.45) is 5.41 Å². The van der Waals surface area contributed by atoms with Crippen molar-refractivity contribution in [2.75, 3.05) is 19.8 Å². The van der Waals surface area contributed by atoms with Gasteiger partial charge in [-0.15, -0.1) is 0 Å². The maximum Gasteiger partial charge on any atom is 0.0471 e. The highest BCUT2D eigenvalue weighted by Gasteiger charge is 2.28. The van der Waals surface area contributed by atoms with E-state index in [0.29, 0.717) is 11.5 Å². The summed E-state index contributed by atoms with van der Waals surface area (Å²) >= 11 is 0. The highest BCUT2D eigenvalue weighted by molar-refractivity contribution is 5.33. The van der Waals surface area contributed by atoms with Gasteiger partial charge in [0.2, 0.25) is 0 Å². The fraction of sp³-hybridized carbons (Fsp3) is 0.706. The number of nitrogens with one attached hydrogen (secondary N) is 1. The van der Waals surface area contributed by atoms with Crippen LogP contribution in [0.3, 0.4) is 0 Å². The lowest BCUT2D eigenvalue weighted by Gasteiger charge is -2.35. The van der Waals surface area contributed by atoms with E-state index in [-0.39, 0.29) is 0 Å². The molecule has 0 saturated carbocycles. The third-order valence-electron chi connectivity index (χ3n) is 4.55. The van der Waals surface area contributed by atoms with Gasteiger partial charge < -0.3 is 10.1 Å². The second kappa shape index (κ2) is 6.23. The SMILES string of the molecule is Cc1cc(C)c(C(C)NCC2(C)CCOCC2)c(C)n1. The molecule has 2 heterocycles. The molecule has 1 saturated heterocycles. The molecular weight excluding hydrogens is 248 g/mol. The smallest absolute Gasteiger partial charge is 0.0471 e. The second-order valence-corrected chi connectivity index (χ2v) is 6.61. The summed E-state index contributed by atoms with van der Waals surface area (Å²) in [5.41, 5.74) is 5.32. The Hall–Kier alpha value is -0.930. The Morgan fingerprint density at radius 3 is 2.55 bits per heavy atom. The molecule has 0 amide bonds. The molecule has 1 aliphatic heterocycles. The van der Waals surface area contributed by atoms with Gasteiger partial charge in [-0.2, -0.15) is 0 Å². The van der Waals surface area contributed by atoms with Crippen LogP contribution in [0.5, 0.6) is 0 Å². The molecule has 1 atom stereocenters. The molecule has 2 rings (SSSR count). The lowest BCUT2D eigenvalue weighted by atomic mass is 9.82. The summed E-state index contributed by atoms with van der Waals surface area (Å²) in [5, 5.41) is 3.71. The molecule has 3 heteroatoms. The van der Waals surface area contributed by atoms with Crippen molar-refractivity contribution in [3.8, 4) is 0 Å². The topological polar surface area (TPSA) is 34.1 Å². The Morgan fingerprint density at radius 2 is 1.95 bits per heavy atom. The van der Waals surface area contributed by atoms with Crippen LogP contribution in [-0.2, 0) is 4.74 Å². The Morgan fingerprint density at radius 1 is 1.30 bits per heavy atom. The van der Waals surface area contributed by atoms with Crippen molar-refractivity contribution < 1.29 is 4.74 Å². The summed E-state index contributed by atoms with van der Waals surface area (Å²) in [6.07, 6.45) is 2.30. The molecule has 1 fully saturated rings. The van der Waals surface area contributed by atoms with E-state index in [1.165, 1.54) is 11.1 Å². The van der Waals surface area contributed by atoms with Gasteiger partial charge in [0.15, 0.2) is 0 Å². The van der Waals surface area contributed by atoms with Gasteiger partial charge in [-0.05, 0) is 63.1 Å². The molecule has 0 aromatic carbocycles. The van der Waals surface area contributed by atoms with E-state index in [1.54, 1.807) is 0 Å². The number of hydrogen-bond donors (Lipinski definition) is 1. The highest BCUT2D eigenvalue weighted by atomic mass is 16.5. The van der Waals surface area contributed by atoms with Gasteiger partial charge in [-0.1, -0.05) is 6.92 Å². The zero-order valence-electron chi connectivity index (χ0n) is 13.5. The first-order chi connectivity index (χ1) is 9.41. The number of ether oxygens (including phenoxy) is 1. The predicted octanol–water partition coefficient (Wildman–Crippen LogP) is 3.47. The van der Waals surface area contributed by atoms with Crippen molar-refractivity contribution in [1.82, 2.24) is 10.3 Å². The number of nitrogens with zero attached hydrogens (tertiary/aromatic N) is 1. The average molecular weight is 276 g/mol. The molecule has 1 aliphatic rings. The normalized spacial score (nSPS) is 19.9. The molecule has 1 aromatic rings. The van der Waals surface area contributed by atoms with Crippen LogP contribution in [0.15, 0.2) is 6.07 Å². The molecule has 0 aliphatic carbocycles. The zero-order chi connectivity index (χ0) is 14.8. The molecule has 1 unspecified atom stereocenters. The molecular formula is C17H28N2O. The molecule has 0 bridgehead atoms. The summed E-state index contributed by atoms with van der Waals surface area (Å²) in [7, 11) is 0. The zero-order valence-corrected chi connectivity index (χ0v) is 13.5. The van der Waals surface area contributed by atoms with Crippen molar-refractivity contribution >= 4 is 0 Å². The van der Waals surface area contributed by atoms with Gasteiger partial charge in [0, 0.05) is 37.2 Å². The number of aromatic nitrogens is 1. The maximum atomic E-state index is 5.47. The highest BCUT2D eigenvalue weighted by Crippen LogP contribution is 2.30. The van der Waals surface area contributed by atoms with Gasteiger partial charge in [0.05, 0.1) is 0 Å². The number of hydrogen-bond acceptors (Lipinski definition) is 3. The Balaban J connectivity index is 2.03. The van der Waals surface area contributed by atoms with Gasteiger partial charge >= 0.3 is 0 Å². The second-order valence-electron chi connectivity index (χ2n) is 6.61. The summed E-state index contributed by atoms with van der Waals surface area (Å²) < 4.78 is 5.47. The van der Waals surface area contributed by atoms with E-state index >= 15 is 0 Å². The molecule has 0 spiro atoms. The van der Waals surface area contributed by atoms with Gasteiger partial charge in [0.1, 0.15) is 0 Å². The van der Waals surface area contributed by atoms with Gasteiger partial charge in [0.25, 0.3) is 0 Å². The fourth-order valence-electron chi connectivity index (χ4n) is 3.23. The number of rotatable bonds is 4. The molecule has 1 aromatic heterocycles. The van der Waals surface area contributed by atoms with E-state index in [4.69, 9.17) is 4.74 Å². The summed E-state index contributed by atoms with van der Waals surface area (Å²) in [5.74, 6) is 0. The first kappa shape index (κ1) is 15.5. The van der Waals surface area contributed by atoms with E-state index in [2.05, 4.69) is 51.0 Å². The van der Waals surface area contributed by atoms with Crippen LogP contribution >= 0.6 is 0 Å². The minimum atomic E-state index is 0.350. The summed E-state index contributed by atoms with van der Waals surface area (Å²) in [6.45, 7) is 13.8. The molecule has 1 N–H and O–H groups in total. The third-order valence-corrected chi connectivity index (χ3v) is 4.55. The maximum absolute atomic E-state index is 5.47. The number of pyridine rings is 1. The van der Waals surface area contributed by atoms with Gasteiger partial charge in [-0.25, -0.2) is 0 Å². The van der Waals surface area contributed by atoms with E-state index in [0.717, 1.165) is 44.0 Å². The summed E-state index contributed by atoms with van der Waals surface area (Å²) in [6, 6.07) is 2.53. The van der Waals surface area contributed by atoms with Crippen LogP contribution in [0.1, 0.15) is 55.2 Å². The molecule has 20 heavy (non-hydrogen) atoms. The van der Waals surface area contributed by atoms with Gasteiger partial charge in [-0.3, -0.25) is 4.98 Å². The van der Waals surface area contributed by atoms with Crippen molar-refractivity contribution in [1.29, 1.82) is 0 Å². The van der Waals surface area contributed by atoms with E-state index in [1.807, 2.05) is 0 Å². The lowest BCUT2D eigenvalue weighted by Crippen LogP contribution is -2.38. The molecule has 3 nitrogen and oxygen atoms in total. The molecule has 112 valence electrons. The van der Waals surface area contributed by atoms with Crippen LogP contribution in [-0.4, -0.2) is 24.7 Å². The van der Waals surface area contributed by atoms with Crippen molar-refractivity contribution in [3.05, 3.63) is 28.6 Å². The van der Waals surface area contributed by atoms with Crippen LogP contribution in [0, 0.1) is 26.2 Å². The van der Waals surface area contributed by atoms with E-state index < -0.39 is 0 Å². The Bertz CT molecular complexity index is 441. The molecule has 0 radical (unpaired) electrons. The lowest BCUT2D eigenvalue weighted by molar-refractivity contribution is 0.0230. The minimum absolute atomic E-state index is 0.350. The summed E-state index contributed by atoms with van der Waals surface area (Å²) in [4.78, 5) is 4.61. The van der Waals surface area contributed by atoms with Crippen LogP contribution < -0.4 is 5.32 Å². The average Bonchev–Trinajstić information content (AvgIpc) is 2.36. The van der Waals surface area contributed by atoms with E-state index in [9.17, 15) is 0 Å². The standard InChI is InChI=1S/C17H28N2O/c1-12-10-13(2)19-15(4)16(12)14(3)18-11-17(5)6-8-20-9-7-17/h10,14,18H,6-9,11H2,1-5H3.